The Morgan fingerprint density at radius 3 is 2.11 bits per heavy atom. The summed E-state index contributed by atoms with van der Waals surface area (Å²) in [7, 11) is 0. The van der Waals surface area contributed by atoms with E-state index in [1.165, 1.54) is 6.92 Å². The van der Waals surface area contributed by atoms with Crippen molar-refractivity contribution < 1.29 is 29.1 Å². The number of amides is 5. The third kappa shape index (κ3) is 12.2. The van der Waals surface area contributed by atoms with Crippen molar-refractivity contribution >= 4 is 35.4 Å². The summed E-state index contributed by atoms with van der Waals surface area (Å²) in [4.78, 5) is 59.4. The third-order valence-corrected chi connectivity index (χ3v) is 5.71. The van der Waals surface area contributed by atoms with Gasteiger partial charge in [0.1, 0.15) is 12.1 Å². The number of rotatable bonds is 15. The molecule has 1 rings (SSSR count). The number of urea groups is 1. The van der Waals surface area contributed by atoms with Gasteiger partial charge in [-0.05, 0) is 49.3 Å². The van der Waals surface area contributed by atoms with Crippen molar-refractivity contribution in [2.45, 2.75) is 71.5 Å². The number of carboxylic acids is 1. The second kappa shape index (κ2) is 15.4. The molecule has 0 aromatic heterocycles. The van der Waals surface area contributed by atoms with Crippen molar-refractivity contribution in [2.75, 3.05) is 11.9 Å². The summed E-state index contributed by atoms with van der Waals surface area (Å²) < 4.78 is 0. The predicted octanol–water partition coefficient (Wildman–Crippen LogP) is 0.700. The maximum atomic E-state index is 13.0. The molecule has 0 bridgehead atoms. The standard InChI is InChI=1S/C25H40N6O6/c1-14(2)21(29-16(4)32)23(34)31-20(6-5-11-28-25(27)37)22(33)30-19-9-7-17(8-10-19)13-18(26)12-15(3)24(35)36/h7-10,14-15,18,20-21H,5-6,11-13,26H2,1-4H3,(H,29,32)(H,30,33)(H,31,34)(H,35,36)(H3,27,28,37)/t15-,18+,20-,21-/m0/s1. The predicted molar refractivity (Wildman–Crippen MR) is 139 cm³/mol. The number of hydrogen-bond acceptors (Lipinski definition) is 6. The lowest BCUT2D eigenvalue weighted by molar-refractivity contribution is -0.141. The number of nitrogens with two attached hydrogens (primary N) is 2. The molecule has 0 spiro atoms. The van der Waals surface area contributed by atoms with Gasteiger partial charge in [0.2, 0.25) is 17.7 Å². The van der Waals surface area contributed by atoms with E-state index in [1.54, 1.807) is 45.0 Å². The van der Waals surface area contributed by atoms with E-state index in [1.807, 2.05) is 0 Å². The van der Waals surface area contributed by atoms with Gasteiger partial charge in [0.15, 0.2) is 0 Å². The number of aliphatic carboxylic acids is 1. The maximum absolute atomic E-state index is 13.0. The largest absolute Gasteiger partial charge is 0.481 e. The van der Waals surface area contributed by atoms with Crippen LogP contribution in [0.3, 0.4) is 0 Å². The lowest BCUT2D eigenvalue weighted by Gasteiger charge is -2.25. The lowest BCUT2D eigenvalue weighted by atomic mass is 9.97. The molecule has 37 heavy (non-hydrogen) atoms. The Kier molecular flexibility index (Phi) is 13.1. The second-order valence-electron chi connectivity index (χ2n) is 9.54. The van der Waals surface area contributed by atoms with Gasteiger partial charge in [-0.1, -0.05) is 32.9 Å². The first-order valence-electron chi connectivity index (χ1n) is 12.3. The maximum Gasteiger partial charge on any atom is 0.312 e. The molecule has 1 aromatic rings. The van der Waals surface area contributed by atoms with Crippen LogP contribution in [0.2, 0.25) is 0 Å². The van der Waals surface area contributed by atoms with Crippen molar-refractivity contribution in [3.63, 3.8) is 0 Å². The second-order valence-corrected chi connectivity index (χ2v) is 9.54. The first-order chi connectivity index (χ1) is 17.3. The Labute approximate surface area is 217 Å². The normalized spacial score (nSPS) is 14.1. The number of primary amides is 1. The highest BCUT2D eigenvalue weighted by Crippen LogP contribution is 2.15. The fourth-order valence-electron chi connectivity index (χ4n) is 3.70. The highest BCUT2D eigenvalue weighted by Gasteiger charge is 2.28. The molecule has 5 amide bonds. The zero-order chi connectivity index (χ0) is 28.1. The molecule has 0 fully saturated rings. The Morgan fingerprint density at radius 2 is 1.59 bits per heavy atom. The van der Waals surface area contributed by atoms with Gasteiger partial charge < -0.3 is 37.8 Å². The van der Waals surface area contributed by atoms with E-state index in [4.69, 9.17) is 16.6 Å². The monoisotopic (exact) mass is 520 g/mol. The topological polar surface area (TPSA) is 206 Å². The van der Waals surface area contributed by atoms with Crippen LogP contribution in [0.4, 0.5) is 10.5 Å². The highest BCUT2D eigenvalue weighted by atomic mass is 16.4. The summed E-state index contributed by atoms with van der Waals surface area (Å²) in [5.74, 6) is -2.96. The van der Waals surface area contributed by atoms with E-state index < -0.39 is 41.8 Å². The summed E-state index contributed by atoms with van der Waals surface area (Å²) in [6.45, 7) is 6.71. The Bertz CT molecular complexity index is 936. The van der Waals surface area contributed by atoms with E-state index >= 15 is 0 Å². The molecule has 0 aliphatic carbocycles. The van der Waals surface area contributed by atoms with Gasteiger partial charge in [-0.25, -0.2) is 4.79 Å². The van der Waals surface area contributed by atoms with Crippen LogP contribution in [0.15, 0.2) is 24.3 Å². The van der Waals surface area contributed by atoms with Crippen LogP contribution in [-0.4, -0.2) is 59.5 Å². The minimum atomic E-state index is -0.928. The summed E-state index contributed by atoms with van der Waals surface area (Å²) in [6.07, 6.45) is 1.42. The van der Waals surface area contributed by atoms with E-state index in [-0.39, 0.29) is 30.8 Å². The lowest BCUT2D eigenvalue weighted by Crippen LogP contribution is -2.54. The van der Waals surface area contributed by atoms with Crippen molar-refractivity contribution in [1.29, 1.82) is 0 Å². The van der Waals surface area contributed by atoms with Crippen molar-refractivity contribution in [3.8, 4) is 0 Å². The fourth-order valence-corrected chi connectivity index (χ4v) is 3.70. The summed E-state index contributed by atoms with van der Waals surface area (Å²) in [5, 5.41) is 19.6. The number of carbonyl (C=O) groups excluding carboxylic acids is 4. The first-order valence-corrected chi connectivity index (χ1v) is 12.3. The average molecular weight is 521 g/mol. The van der Waals surface area contributed by atoms with Crippen LogP contribution in [0.5, 0.6) is 0 Å². The van der Waals surface area contributed by atoms with Gasteiger partial charge in [-0.3, -0.25) is 19.2 Å². The van der Waals surface area contributed by atoms with Crippen molar-refractivity contribution in [1.82, 2.24) is 16.0 Å². The van der Waals surface area contributed by atoms with E-state index in [0.29, 0.717) is 24.9 Å². The van der Waals surface area contributed by atoms with Gasteiger partial charge in [0.05, 0.1) is 5.92 Å². The third-order valence-electron chi connectivity index (χ3n) is 5.71. The molecule has 0 aliphatic rings. The Morgan fingerprint density at radius 1 is 0.973 bits per heavy atom. The van der Waals surface area contributed by atoms with Gasteiger partial charge in [0.25, 0.3) is 0 Å². The van der Waals surface area contributed by atoms with Gasteiger partial charge in [-0.2, -0.15) is 0 Å². The van der Waals surface area contributed by atoms with E-state index in [9.17, 15) is 24.0 Å². The number of hydrogen-bond donors (Lipinski definition) is 7. The van der Waals surface area contributed by atoms with Crippen LogP contribution in [-0.2, 0) is 25.6 Å². The molecule has 0 aliphatic heterocycles. The zero-order valence-electron chi connectivity index (χ0n) is 21.9. The van der Waals surface area contributed by atoms with Crippen LogP contribution < -0.4 is 32.7 Å². The molecule has 206 valence electrons. The molecular formula is C25H40N6O6. The Balaban J connectivity index is 2.87. The zero-order valence-corrected chi connectivity index (χ0v) is 21.9. The number of carbonyl (C=O) groups is 5. The molecule has 0 radical (unpaired) electrons. The summed E-state index contributed by atoms with van der Waals surface area (Å²) in [6, 6.07) is 4.22. The van der Waals surface area contributed by atoms with Crippen LogP contribution in [0.1, 0.15) is 52.5 Å². The number of benzene rings is 1. The minimum absolute atomic E-state index is 0.207. The highest BCUT2D eigenvalue weighted by molar-refractivity contribution is 5.98. The van der Waals surface area contributed by atoms with Crippen molar-refractivity contribution in [3.05, 3.63) is 29.8 Å². The SMILES string of the molecule is CC(=O)N[C@H](C(=O)N[C@@H](CCCNC(N)=O)C(=O)Nc1ccc(C[C@H](N)C[C@H](C)C(=O)O)cc1)C(C)C. The molecule has 0 saturated carbocycles. The van der Waals surface area contributed by atoms with Crippen LogP contribution in [0, 0.1) is 11.8 Å². The first kappa shape index (κ1) is 31.4. The average Bonchev–Trinajstić information content (AvgIpc) is 2.79. The van der Waals surface area contributed by atoms with E-state index in [0.717, 1.165) is 5.56 Å². The molecule has 1 aromatic carbocycles. The fraction of sp³-hybridized carbons (Fsp3) is 0.560. The molecule has 12 nitrogen and oxygen atoms in total. The molecular weight excluding hydrogens is 480 g/mol. The Hall–Kier alpha value is -3.67. The number of nitrogens with one attached hydrogen (secondary N) is 4. The number of anilines is 1. The molecule has 9 N–H and O–H groups in total. The molecule has 0 heterocycles. The van der Waals surface area contributed by atoms with Crippen LogP contribution >= 0.6 is 0 Å². The molecule has 4 atom stereocenters. The van der Waals surface area contributed by atoms with Gasteiger partial charge in [-0.15, -0.1) is 0 Å². The summed E-state index contributed by atoms with van der Waals surface area (Å²) >= 11 is 0. The summed E-state index contributed by atoms with van der Waals surface area (Å²) in [5.41, 5.74) is 12.5. The van der Waals surface area contributed by atoms with Gasteiger partial charge in [0, 0.05) is 25.2 Å². The smallest absolute Gasteiger partial charge is 0.312 e. The minimum Gasteiger partial charge on any atom is -0.481 e. The molecule has 12 heteroatoms. The van der Waals surface area contributed by atoms with E-state index in [2.05, 4.69) is 21.3 Å². The quantitative estimate of drug-likeness (QED) is 0.165. The number of carboxylic acid groups (broad SMARTS) is 1. The van der Waals surface area contributed by atoms with Gasteiger partial charge >= 0.3 is 12.0 Å². The van der Waals surface area contributed by atoms with Crippen molar-refractivity contribution in [2.24, 2.45) is 23.3 Å². The molecule has 0 unspecified atom stereocenters. The molecule has 0 saturated heterocycles. The van der Waals surface area contributed by atoms with Crippen LogP contribution in [0.25, 0.3) is 0 Å².